The van der Waals surface area contributed by atoms with Gasteiger partial charge < -0.3 is 19.7 Å². The van der Waals surface area contributed by atoms with Gasteiger partial charge in [0.2, 0.25) is 5.76 Å². The van der Waals surface area contributed by atoms with E-state index in [1.54, 1.807) is 6.07 Å². The van der Waals surface area contributed by atoms with Gasteiger partial charge in [-0.2, -0.15) is 0 Å². The molecular formula is C13H15ClN2O3. The van der Waals surface area contributed by atoms with Gasteiger partial charge in [0.25, 0.3) is 0 Å². The van der Waals surface area contributed by atoms with Gasteiger partial charge in [-0.25, -0.2) is 4.79 Å². The molecule has 0 saturated carbocycles. The van der Waals surface area contributed by atoms with Crippen LogP contribution in [0.1, 0.15) is 10.6 Å². The Labute approximate surface area is 116 Å². The Hall–Kier alpha value is -1.72. The van der Waals surface area contributed by atoms with Crippen LogP contribution in [0.3, 0.4) is 0 Å². The zero-order valence-electron chi connectivity index (χ0n) is 10.3. The van der Waals surface area contributed by atoms with Gasteiger partial charge in [0.05, 0.1) is 0 Å². The summed E-state index contributed by atoms with van der Waals surface area (Å²) in [7, 11) is 0. The van der Waals surface area contributed by atoms with E-state index >= 15 is 0 Å². The van der Waals surface area contributed by atoms with Gasteiger partial charge in [0.15, 0.2) is 0 Å². The highest BCUT2D eigenvalue weighted by molar-refractivity contribution is 5.92. The van der Waals surface area contributed by atoms with E-state index in [1.807, 2.05) is 18.2 Å². The summed E-state index contributed by atoms with van der Waals surface area (Å²) in [5.41, 5.74) is 1.73. The highest BCUT2D eigenvalue weighted by atomic mass is 35.5. The molecule has 6 heteroatoms. The van der Waals surface area contributed by atoms with Crippen molar-refractivity contribution in [1.29, 1.82) is 0 Å². The number of piperazine rings is 1. The van der Waals surface area contributed by atoms with Gasteiger partial charge in [0.1, 0.15) is 5.58 Å². The van der Waals surface area contributed by atoms with E-state index in [1.165, 1.54) is 0 Å². The van der Waals surface area contributed by atoms with Gasteiger partial charge in [-0.05, 0) is 24.3 Å². The molecule has 2 heterocycles. The number of rotatable bonds is 2. The molecule has 3 rings (SSSR count). The minimum Gasteiger partial charge on any atom is -0.475 e. The average Bonchev–Trinajstić information content (AvgIpc) is 2.82. The van der Waals surface area contributed by atoms with E-state index < -0.39 is 5.97 Å². The van der Waals surface area contributed by atoms with E-state index in [2.05, 4.69) is 10.2 Å². The van der Waals surface area contributed by atoms with E-state index in [0.717, 1.165) is 37.3 Å². The van der Waals surface area contributed by atoms with Crippen molar-refractivity contribution < 1.29 is 14.3 Å². The fourth-order valence-corrected chi connectivity index (χ4v) is 2.26. The van der Waals surface area contributed by atoms with Crippen molar-refractivity contribution in [2.45, 2.75) is 0 Å². The third-order valence-electron chi connectivity index (χ3n) is 3.19. The van der Waals surface area contributed by atoms with Gasteiger partial charge in [-0.1, -0.05) is 0 Å². The molecule has 0 aliphatic carbocycles. The molecule has 1 aliphatic rings. The van der Waals surface area contributed by atoms with Crippen LogP contribution in [-0.2, 0) is 0 Å². The second-order valence-corrected chi connectivity index (χ2v) is 4.37. The number of hydrogen-bond acceptors (Lipinski definition) is 4. The standard InChI is InChI=1S/C13H14N2O3.ClH/c16-13(17)12-8-9-7-10(1-2-11(9)18-12)15-5-3-14-4-6-15;/h1-2,7-8,14H,3-6H2,(H,16,17);1H. The van der Waals surface area contributed by atoms with Crippen LogP contribution >= 0.6 is 12.4 Å². The number of fused-ring (bicyclic) bond motifs is 1. The van der Waals surface area contributed by atoms with Crippen molar-refractivity contribution in [3.63, 3.8) is 0 Å². The number of aromatic carboxylic acids is 1. The maximum atomic E-state index is 10.8. The highest BCUT2D eigenvalue weighted by Gasteiger charge is 2.14. The lowest BCUT2D eigenvalue weighted by Gasteiger charge is -2.29. The molecule has 2 N–H and O–H groups in total. The van der Waals surface area contributed by atoms with E-state index in [4.69, 9.17) is 9.52 Å². The van der Waals surface area contributed by atoms with Crippen molar-refractivity contribution in [3.05, 3.63) is 30.0 Å². The van der Waals surface area contributed by atoms with Crippen LogP contribution in [0.2, 0.25) is 0 Å². The second kappa shape index (κ2) is 5.50. The van der Waals surface area contributed by atoms with Crippen LogP contribution in [-0.4, -0.2) is 37.3 Å². The predicted octanol–water partition coefficient (Wildman–Crippen LogP) is 1.96. The van der Waals surface area contributed by atoms with Gasteiger partial charge in [0, 0.05) is 37.3 Å². The molecule has 0 amide bonds. The molecule has 0 atom stereocenters. The largest absolute Gasteiger partial charge is 0.475 e. The van der Waals surface area contributed by atoms with Crippen LogP contribution in [0, 0.1) is 0 Å². The van der Waals surface area contributed by atoms with Gasteiger partial charge in [-0.15, -0.1) is 12.4 Å². The monoisotopic (exact) mass is 282 g/mol. The number of furan rings is 1. The fourth-order valence-electron chi connectivity index (χ4n) is 2.26. The van der Waals surface area contributed by atoms with Crippen LogP contribution < -0.4 is 10.2 Å². The molecular weight excluding hydrogens is 268 g/mol. The third-order valence-corrected chi connectivity index (χ3v) is 3.19. The number of nitrogens with one attached hydrogen (secondary N) is 1. The first kappa shape index (κ1) is 13.7. The summed E-state index contributed by atoms with van der Waals surface area (Å²) in [4.78, 5) is 13.1. The first-order valence-electron chi connectivity index (χ1n) is 5.96. The summed E-state index contributed by atoms with van der Waals surface area (Å²) in [6, 6.07) is 7.36. The molecule has 1 aromatic heterocycles. The number of hydrogen-bond donors (Lipinski definition) is 2. The van der Waals surface area contributed by atoms with E-state index in [0.29, 0.717) is 5.58 Å². The Morgan fingerprint density at radius 3 is 2.68 bits per heavy atom. The maximum absolute atomic E-state index is 10.8. The van der Waals surface area contributed by atoms with Crippen LogP contribution in [0.15, 0.2) is 28.7 Å². The lowest BCUT2D eigenvalue weighted by atomic mass is 10.2. The predicted molar refractivity (Wildman–Crippen MR) is 75.5 cm³/mol. The number of carboxylic acid groups (broad SMARTS) is 1. The molecule has 0 unspecified atom stereocenters. The van der Waals surface area contributed by atoms with Gasteiger partial charge >= 0.3 is 5.97 Å². The first-order valence-corrected chi connectivity index (χ1v) is 5.96. The lowest BCUT2D eigenvalue weighted by Crippen LogP contribution is -2.43. The summed E-state index contributed by atoms with van der Waals surface area (Å²) in [6.45, 7) is 3.89. The van der Waals surface area contributed by atoms with Crippen LogP contribution in [0.4, 0.5) is 5.69 Å². The molecule has 19 heavy (non-hydrogen) atoms. The van der Waals surface area contributed by atoms with Crippen molar-refractivity contribution >= 4 is 35.0 Å². The Bertz CT molecular complexity index is 591. The van der Waals surface area contributed by atoms with Crippen molar-refractivity contribution in [2.75, 3.05) is 31.1 Å². The zero-order chi connectivity index (χ0) is 12.5. The molecule has 0 radical (unpaired) electrons. The van der Waals surface area contributed by atoms with Gasteiger partial charge in [-0.3, -0.25) is 0 Å². The fraction of sp³-hybridized carbons (Fsp3) is 0.308. The summed E-state index contributed by atoms with van der Waals surface area (Å²) >= 11 is 0. The van der Waals surface area contributed by atoms with Crippen molar-refractivity contribution in [2.24, 2.45) is 0 Å². The minimum absolute atomic E-state index is 0. The SMILES string of the molecule is Cl.O=C(O)c1cc2cc(N3CCNCC3)ccc2o1. The quantitative estimate of drug-likeness (QED) is 0.881. The smallest absolute Gasteiger partial charge is 0.371 e. The molecule has 1 saturated heterocycles. The summed E-state index contributed by atoms with van der Waals surface area (Å²) in [5.74, 6) is -1.04. The average molecular weight is 283 g/mol. The molecule has 1 aliphatic heterocycles. The molecule has 0 bridgehead atoms. The number of nitrogens with zero attached hydrogens (tertiary/aromatic N) is 1. The van der Waals surface area contributed by atoms with Crippen molar-refractivity contribution in [1.82, 2.24) is 5.32 Å². The Kier molecular flexibility index (Phi) is 3.97. The Morgan fingerprint density at radius 1 is 1.26 bits per heavy atom. The molecule has 1 aromatic carbocycles. The minimum atomic E-state index is -1.03. The summed E-state index contributed by atoms with van der Waals surface area (Å²) in [5, 5.41) is 13.0. The zero-order valence-corrected chi connectivity index (χ0v) is 11.1. The normalized spacial score (nSPS) is 15.3. The molecule has 0 spiro atoms. The second-order valence-electron chi connectivity index (χ2n) is 4.37. The molecule has 1 fully saturated rings. The topological polar surface area (TPSA) is 65.7 Å². The third kappa shape index (κ3) is 2.67. The van der Waals surface area contributed by atoms with Crippen LogP contribution in [0.25, 0.3) is 11.0 Å². The maximum Gasteiger partial charge on any atom is 0.371 e. The Morgan fingerprint density at radius 2 is 2.00 bits per heavy atom. The number of carbonyl (C=O) groups is 1. The van der Waals surface area contributed by atoms with Crippen molar-refractivity contribution in [3.8, 4) is 0 Å². The number of halogens is 1. The molecule has 2 aromatic rings. The number of carboxylic acids is 1. The molecule has 5 nitrogen and oxygen atoms in total. The highest BCUT2D eigenvalue weighted by Crippen LogP contribution is 2.25. The summed E-state index contributed by atoms with van der Waals surface area (Å²) in [6.07, 6.45) is 0. The van der Waals surface area contributed by atoms with E-state index in [9.17, 15) is 4.79 Å². The number of benzene rings is 1. The first-order chi connectivity index (χ1) is 8.74. The lowest BCUT2D eigenvalue weighted by molar-refractivity contribution is 0.0665. The summed E-state index contributed by atoms with van der Waals surface area (Å²) < 4.78 is 5.24. The molecule has 102 valence electrons. The number of anilines is 1. The van der Waals surface area contributed by atoms with Crippen LogP contribution in [0.5, 0.6) is 0 Å². The Balaban J connectivity index is 0.00000133. The van der Waals surface area contributed by atoms with E-state index in [-0.39, 0.29) is 18.2 Å².